The Hall–Kier alpha value is -2.31. The zero-order valence-electron chi connectivity index (χ0n) is 10.6. The highest BCUT2D eigenvalue weighted by atomic mass is 35.5. The zero-order valence-corrected chi connectivity index (χ0v) is 11.3. The van der Waals surface area contributed by atoms with Crippen LogP contribution < -0.4 is 5.32 Å². The molecule has 98 valence electrons. The normalized spacial score (nSPS) is 15.7. The molecule has 0 aromatic heterocycles. The van der Waals surface area contributed by atoms with Gasteiger partial charge in [0.1, 0.15) is 0 Å². The molecule has 0 heterocycles. The highest BCUT2D eigenvalue weighted by molar-refractivity contribution is 6.33. The first-order valence-corrected chi connectivity index (χ1v) is 6.65. The fourth-order valence-corrected chi connectivity index (χ4v) is 2.63. The predicted molar refractivity (Wildman–Crippen MR) is 77.7 cm³/mol. The van der Waals surface area contributed by atoms with Crippen LogP contribution in [0, 0.1) is 11.3 Å². The van der Waals surface area contributed by atoms with E-state index in [2.05, 4.69) is 5.32 Å². The second-order valence-electron chi connectivity index (χ2n) is 4.75. The Labute approximate surface area is 121 Å². The van der Waals surface area contributed by atoms with Gasteiger partial charge in [-0.2, -0.15) is 5.26 Å². The maximum absolute atomic E-state index is 12.2. The quantitative estimate of drug-likeness (QED) is 0.917. The minimum Gasteiger partial charge on any atom is -0.324 e. The Morgan fingerprint density at radius 3 is 2.80 bits per heavy atom. The summed E-state index contributed by atoms with van der Waals surface area (Å²) in [4.78, 5) is 12.2. The van der Waals surface area contributed by atoms with E-state index in [1.807, 2.05) is 30.3 Å². The number of amides is 1. The summed E-state index contributed by atoms with van der Waals surface area (Å²) in [6.45, 7) is 0. The van der Waals surface area contributed by atoms with Crippen LogP contribution in [0.4, 0.5) is 5.69 Å². The minimum absolute atomic E-state index is 0.0599. The van der Waals surface area contributed by atoms with Crippen molar-refractivity contribution in [2.75, 3.05) is 5.32 Å². The van der Waals surface area contributed by atoms with E-state index in [1.165, 1.54) is 5.56 Å². The fraction of sp³-hybridized carbons (Fsp3) is 0.125. The number of nitriles is 1. The van der Waals surface area contributed by atoms with Gasteiger partial charge in [-0.1, -0.05) is 35.9 Å². The molecule has 1 atom stereocenters. The maximum Gasteiger partial charge on any atom is 0.232 e. The van der Waals surface area contributed by atoms with Gasteiger partial charge >= 0.3 is 0 Å². The third-order valence-corrected chi connectivity index (χ3v) is 3.84. The summed E-state index contributed by atoms with van der Waals surface area (Å²) in [5, 5.41) is 12.0. The molecule has 1 amide bonds. The molecule has 2 aromatic carbocycles. The van der Waals surface area contributed by atoms with Gasteiger partial charge in [0, 0.05) is 0 Å². The standard InChI is InChI=1S/C16H11ClN2O/c17-14-7-10(9-18)5-6-15(14)19-16(20)13-8-11-3-1-2-4-12(11)13/h1-7,13H,8H2,(H,19,20). The average Bonchev–Trinajstić information content (AvgIpc) is 2.42. The second-order valence-corrected chi connectivity index (χ2v) is 5.16. The van der Waals surface area contributed by atoms with E-state index in [0.717, 1.165) is 12.0 Å². The molecule has 1 aliphatic rings. The molecule has 2 aromatic rings. The molecule has 0 spiro atoms. The summed E-state index contributed by atoms with van der Waals surface area (Å²) in [6, 6.07) is 14.8. The van der Waals surface area contributed by atoms with E-state index >= 15 is 0 Å². The van der Waals surface area contributed by atoms with Gasteiger partial charge in [0.05, 0.1) is 28.3 Å². The molecule has 3 nitrogen and oxygen atoms in total. The molecule has 0 aliphatic heterocycles. The van der Waals surface area contributed by atoms with Crippen LogP contribution in [0.25, 0.3) is 0 Å². The lowest BCUT2D eigenvalue weighted by atomic mass is 9.77. The van der Waals surface area contributed by atoms with Gasteiger partial charge in [-0.15, -0.1) is 0 Å². The van der Waals surface area contributed by atoms with E-state index in [0.29, 0.717) is 16.3 Å². The molecule has 1 aliphatic carbocycles. The Balaban J connectivity index is 1.77. The monoisotopic (exact) mass is 282 g/mol. The maximum atomic E-state index is 12.2. The van der Waals surface area contributed by atoms with E-state index in [1.54, 1.807) is 18.2 Å². The van der Waals surface area contributed by atoms with E-state index in [4.69, 9.17) is 16.9 Å². The van der Waals surface area contributed by atoms with Crippen LogP contribution >= 0.6 is 11.6 Å². The van der Waals surface area contributed by atoms with E-state index in [9.17, 15) is 4.79 Å². The third-order valence-electron chi connectivity index (χ3n) is 3.53. The summed E-state index contributed by atoms with van der Waals surface area (Å²) in [5.41, 5.74) is 3.32. The van der Waals surface area contributed by atoms with Crippen molar-refractivity contribution in [2.45, 2.75) is 12.3 Å². The minimum atomic E-state index is -0.113. The van der Waals surface area contributed by atoms with Crippen molar-refractivity contribution in [2.24, 2.45) is 0 Å². The topological polar surface area (TPSA) is 52.9 Å². The molecule has 1 N–H and O–H groups in total. The third kappa shape index (κ3) is 2.15. The number of nitrogens with one attached hydrogen (secondary N) is 1. The number of carbonyl (C=O) groups excluding carboxylic acids is 1. The lowest BCUT2D eigenvalue weighted by molar-refractivity contribution is -0.118. The number of anilines is 1. The van der Waals surface area contributed by atoms with Gasteiger partial charge in [-0.05, 0) is 35.7 Å². The van der Waals surface area contributed by atoms with Crippen LogP contribution in [-0.4, -0.2) is 5.91 Å². The number of rotatable bonds is 2. The summed E-state index contributed by atoms with van der Waals surface area (Å²) in [5.74, 6) is -0.173. The number of nitrogens with zero attached hydrogens (tertiary/aromatic N) is 1. The first-order chi connectivity index (χ1) is 9.69. The zero-order chi connectivity index (χ0) is 14.1. The molecular weight excluding hydrogens is 272 g/mol. The van der Waals surface area contributed by atoms with Crippen LogP contribution in [0.15, 0.2) is 42.5 Å². The molecule has 4 heteroatoms. The average molecular weight is 283 g/mol. The highest BCUT2D eigenvalue weighted by Gasteiger charge is 2.31. The number of halogens is 1. The number of carbonyl (C=O) groups is 1. The van der Waals surface area contributed by atoms with Gasteiger partial charge in [-0.25, -0.2) is 0 Å². The first kappa shape index (κ1) is 12.7. The fourth-order valence-electron chi connectivity index (χ4n) is 2.40. The van der Waals surface area contributed by atoms with E-state index in [-0.39, 0.29) is 11.8 Å². The van der Waals surface area contributed by atoms with Gasteiger partial charge in [0.25, 0.3) is 0 Å². The SMILES string of the molecule is N#Cc1ccc(NC(=O)C2Cc3ccccc32)c(Cl)c1. The van der Waals surface area contributed by atoms with Gasteiger partial charge in [0.2, 0.25) is 5.91 Å². The Bertz CT molecular complexity index is 733. The van der Waals surface area contributed by atoms with Crippen molar-refractivity contribution in [3.63, 3.8) is 0 Å². The van der Waals surface area contributed by atoms with Crippen LogP contribution in [-0.2, 0) is 11.2 Å². The molecule has 0 saturated carbocycles. The molecule has 0 fully saturated rings. The first-order valence-electron chi connectivity index (χ1n) is 6.27. The largest absolute Gasteiger partial charge is 0.324 e. The van der Waals surface area contributed by atoms with Crippen molar-refractivity contribution in [1.82, 2.24) is 0 Å². The smallest absolute Gasteiger partial charge is 0.232 e. The molecule has 0 saturated heterocycles. The summed E-state index contributed by atoms with van der Waals surface area (Å²) in [6.07, 6.45) is 0.760. The number of hydrogen-bond donors (Lipinski definition) is 1. The summed E-state index contributed by atoms with van der Waals surface area (Å²) in [7, 11) is 0. The predicted octanol–water partition coefficient (Wildman–Crippen LogP) is 3.49. The van der Waals surface area contributed by atoms with Crippen molar-refractivity contribution in [3.05, 3.63) is 64.2 Å². The van der Waals surface area contributed by atoms with Crippen molar-refractivity contribution >= 4 is 23.2 Å². The lowest BCUT2D eigenvalue weighted by Gasteiger charge is -2.29. The lowest BCUT2D eigenvalue weighted by Crippen LogP contribution is -2.30. The van der Waals surface area contributed by atoms with Crippen LogP contribution in [0.2, 0.25) is 5.02 Å². The van der Waals surface area contributed by atoms with Gasteiger partial charge in [0.15, 0.2) is 0 Å². The number of fused-ring (bicyclic) bond motifs is 1. The van der Waals surface area contributed by atoms with E-state index < -0.39 is 0 Å². The van der Waals surface area contributed by atoms with Gasteiger partial charge < -0.3 is 5.32 Å². The van der Waals surface area contributed by atoms with Crippen LogP contribution in [0.1, 0.15) is 22.6 Å². The summed E-state index contributed by atoms with van der Waals surface area (Å²) < 4.78 is 0. The Morgan fingerprint density at radius 2 is 2.10 bits per heavy atom. The number of benzene rings is 2. The van der Waals surface area contributed by atoms with Gasteiger partial charge in [-0.3, -0.25) is 4.79 Å². The molecular formula is C16H11ClN2O. The second kappa shape index (κ2) is 4.99. The highest BCUT2D eigenvalue weighted by Crippen LogP contribution is 2.36. The molecule has 1 unspecified atom stereocenters. The number of hydrogen-bond acceptors (Lipinski definition) is 2. The summed E-state index contributed by atoms with van der Waals surface area (Å²) >= 11 is 6.05. The molecule has 20 heavy (non-hydrogen) atoms. The Kier molecular flexibility index (Phi) is 3.17. The van der Waals surface area contributed by atoms with Crippen molar-refractivity contribution in [1.29, 1.82) is 5.26 Å². The van der Waals surface area contributed by atoms with Crippen LogP contribution in [0.5, 0.6) is 0 Å². The molecule has 3 rings (SSSR count). The van der Waals surface area contributed by atoms with Crippen molar-refractivity contribution < 1.29 is 4.79 Å². The molecule has 0 radical (unpaired) electrons. The van der Waals surface area contributed by atoms with Crippen LogP contribution in [0.3, 0.4) is 0 Å². The molecule has 0 bridgehead atoms. The van der Waals surface area contributed by atoms with Crippen molar-refractivity contribution in [3.8, 4) is 6.07 Å². The Morgan fingerprint density at radius 1 is 1.30 bits per heavy atom.